The monoisotopic (exact) mass is 281 g/mol. The molecule has 0 spiro atoms. The summed E-state index contributed by atoms with van der Waals surface area (Å²) < 4.78 is 14.0. The molecule has 0 radical (unpaired) electrons. The molecule has 2 N–H and O–H groups in total. The quantitative estimate of drug-likeness (QED) is 0.680. The van der Waals surface area contributed by atoms with Crippen molar-refractivity contribution in [3.63, 3.8) is 0 Å². The Bertz CT molecular complexity index is 393. The van der Waals surface area contributed by atoms with Crippen LogP contribution >= 0.6 is 0 Å². The van der Waals surface area contributed by atoms with E-state index in [0.717, 1.165) is 38.8 Å². The van der Waals surface area contributed by atoms with E-state index in [4.69, 9.17) is 10.0 Å². The summed E-state index contributed by atoms with van der Waals surface area (Å²) in [5.41, 5.74) is 0.807. The molecule has 0 aliphatic heterocycles. The first-order valence-electron chi connectivity index (χ1n) is 7.45. The second kappa shape index (κ2) is 9.11. The first kappa shape index (κ1) is 17.1. The summed E-state index contributed by atoms with van der Waals surface area (Å²) in [7, 11) is -1.62. The highest BCUT2D eigenvalue weighted by molar-refractivity contribution is 6.58. The zero-order chi connectivity index (χ0) is 15.0. The molecule has 1 rings (SSSR count). The average Bonchev–Trinajstić information content (AvgIpc) is 2.43. The molecule has 20 heavy (non-hydrogen) atoms. The summed E-state index contributed by atoms with van der Waals surface area (Å²) in [5.74, 6) is -0.367. The van der Waals surface area contributed by atoms with Gasteiger partial charge < -0.3 is 10.0 Å². The highest BCUT2D eigenvalue weighted by Crippen LogP contribution is 2.11. The fraction of sp³-hybridized carbons (Fsp3) is 0.600. The molecule has 0 unspecified atom stereocenters. The highest BCUT2D eigenvalue weighted by atomic mass is 19.1. The Hall–Kier alpha value is -0.905. The van der Waals surface area contributed by atoms with E-state index in [1.54, 1.807) is 12.1 Å². The van der Waals surface area contributed by atoms with E-state index in [9.17, 15) is 4.39 Å². The van der Waals surface area contributed by atoms with Crippen molar-refractivity contribution in [1.29, 1.82) is 0 Å². The highest BCUT2D eigenvalue weighted by Gasteiger charge is 2.15. The smallest absolute Gasteiger partial charge is 0.423 e. The molecular weight excluding hydrogens is 256 g/mol. The van der Waals surface area contributed by atoms with Crippen LogP contribution in [0, 0.1) is 5.82 Å². The van der Waals surface area contributed by atoms with Crippen LogP contribution in [0.15, 0.2) is 18.2 Å². The van der Waals surface area contributed by atoms with E-state index in [-0.39, 0.29) is 11.3 Å². The summed E-state index contributed by atoms with van der Waals surface area (Å²) in [6, 6.07) is 4.42. The van der Waals surface area contributed by atoms with Gasteiger partial charge in [-0.05, 0) is 37.5 Å². The number of hydrogen-bond acceptors (Lipinski definition) is 3. The third-order valence-electron chi connectivity index (χ3n) is 3.43. The summed E-state index contributed by atoms with van der Waals surface area (Å²) >= 11 is 0. The third-order valence-corrected chi connectivity index (χ3v) is 3.43. The maximum atomic E-state index is 14.0. The zero-order valence-corrected chi connectivity index (χ0v) is 12.5. The van der Waals surface area contributed by atoms with Gasteiger partial charge in [0.2, 0.25) is 0 Å². The minimum absolute atomic E-state index is 0.194. The number of unbranched alkanes of at least 4 members (excludes halogenated alkanes) is 2. The SMILES string of the molecule is CCCCN(CCCC)Cc1ccc(B(O)O)cc1F. The van der Waals surface area contributed by atoms with Crippen LogP contribution in [0.5, 0.6) is 0 Å². The molecule has 0 saturated heterocycles. The van der Waals surface area contributed by atoms with Crippen molar-refractivity contribution >= 4 is 12.6 Å². The minimum Gasteiger partial charge on any atom is -0.423 e. The molecule has 3 nitrogen and oxygen atoms in total. The zero-order valence-electron chi connectivity index (χ0n) is 12.5. The summed E-state index contributed by atoms with van der Waals surface area (Å²) in [4.78, 5) is 2.26. The lowest BCUT2D eigenvalue weighted by Crippen LogP contribution is -2.31. The fourth-order valence-electron chi connectivity index (χ4n) is 2.13. The summed E-state index contributed by atoms with van der Waals surface area (Å²) in [5, 5.41) is 18.1. The molecule has 1 aromatic carbocycles. The second-order valence-corrected chi connectivity index (χ2v) is 5.21. The molecule has 1 aromatic rings. The molecule has 0 bridgehead atoms. The van der Waals surface area contributed by atoms with Crippen molar-refractivity contribution in [1.82, 2.24) is 4.90 Å². The van der Waals surface area contributed by atoms with Gasteiger partial charge in [0.25, 0.3) is 0 Å². The lowest BCUT2D eigenvalue weighted by Gasteiger charge is -2.22. The first-order valence-corrected chi connectivity index (χ1v) is 7.45. The Kier molecular flexibility index (Phi) is 7.81. The number of halogens is 1. The van der Waals surface area contributed by atoms with Crippen molar-refractivity contribution in [3.05, 3.63) is 29.6 Å². The lowest BCUT2D eigenvalue weighted by molar-refractivity contribution is 0.253. The Balaban J connectivity index is 2.71. The van der Waals surface area contributed by atoms with E-state index >= 15 is 0 Å². The first-order chi connectivity index (χ1) is 9.58. The van der Waals surface area contributed by atoms with Gasteiger partial charge in [-0.2, -0.15) is 0 Å². The van der Waals surface area contributed by atoms with E-state index in [1.165, 1.54) is 6.07 Å². The van der Waals surface area contributed by atoms with Crippen molar-refractivity contribution in [2.45, 2.75) is 46.1 Å². The van der Waals surface area contributed by atoms with Crippen LogP contribution in [0.25, 0.3) is 0 Å². The topological polar surface area (TPSA) is 43.7 Å². The molecule has 0 atom stereocenters. The summed E-state index contributed by atoms with van der Waals surface area (Å²) in [6.45, 7) is 6.82. The molecule has 0 aliphatic rings. The second-order valence-electron chi connectivity index (χ2n) is 5.21. The van der Waals surface area contributed by atoms with Crippen LogP contribution in [-0.4, -0.2) is 35.2 Å². The molecule has 0 amide bonds. The maximum absolute atomic E-state index is 14.0. The predicted octanol–water partition coefficient (Wildman–Crippen LogP) is 1.91. The summed E-state index contributed by atoms with van der Waals surface area (Å²) in [6.07, 6.45) is 4.47. The molecule has 0 aromatic heterocycles. The Morgan fingerprint density at radius 2 is 1.70 bits per heavy atom. The van der Waals surface area contributed by atoms with Crippen LogP contribution in [-0.2, 0) is 6.54 Å². The van der Waals surface area contributed by atoms with Gasteiger partial charge in [0, 0.05) is 12.1 Å². The molecule has 0 fully saturated rings. The number of nitrogens with zero attached hydrogens (tertiary/aromatic N) is 1. The van der Waals surface area contributed by atoms with Gasteiger partial charge in [-0.15, -0.1) is 0 Å². The van der Waals surface area contributed by atoms with E-state index < -0.39 is 7.12 Å². The maximum Gasteiger partial charge on any atom is 0.488 e. The molecule has 5 heteroatoms. The van der Waals surface area contributed by atoms with Gasteiger partial charge >= 0.3 is 7.12 Å². The van der Waals surface area contributed by atoms with Crippen molar-refractivity contribution in [2.75, 3.05) is 13.1 Å². The number of hydrogen-bond donors (Lipinski definition) is 2. The van der Waals surface area contributed by atoms with Crippen LogP contribution in [0.4, 0.5) is 4.39 Å². The van der Waals surface area contributed by atoms with Gasteiger partial charge in [-0.25, -0.2) is 4.39 Å². The van der Waals surface area contributed by atoms with E-state index in [0.29, 0.717) is 12.1 Å². The van der Waals surface area contributed by atoms with Gasteiger partial charge in [0.05, 0.1) is 0 Å². The number of rotatable bonds is 9. The van der Waals surface area contributed by atoms with Gasteiger partial charge in [0.15, 0.2) is 0 Å². The van der Waals surface area contributed by atoms with Crippen molar-refractivity contribution < 1.29 is 14.4 Å². The normalized spacial score (nSPS) is 11.1. The van der Waals surface area contributed by atoms with Crippen molar-refractivity contribution in [2.24, 2.45) is 0 Å². The molecule has 0 aliphatic carbocycles. The Morgan fingerprint density at radius 3 is 2.15 bits per heavy atom. The fourth-order valence-corrected chi connectivity index (χ4v) is 2.13. The van der Waals surface area contributed by atoms with Crippen LogP contribution < -0.4 is 5.46 Å². The largest absolute Gasteiger partial charge is 0.488 e. The molecule has 0 heterocycles. The lowest BCUT2D eigenvalue weighted by atomic mass is 9.80. The van der Waals surface area contributed by atoms with E-state index in [2.05, 4.69) is 18.7 Å². The van der Waals surface area contributed by atoms with Crippen LogP contribution in [0.3, 0.4) is 0 Å². The molecular formula is C15H25BFNO2. The van der Waals surface area contributed by atoms with Crippen LogP contribution in [0.1, 0.15) is 45.1 Å². The van der Waals surface area contributed by atoms with Crippen LogP contribution in [0.2, 0.25) is 0 Å². The molecule has 112 valence electrons. The predicted molar refractivity (Wildman–Crippen MR) is 81.3 cm³/mol. The van der Waals surface area contributed by atoms with Gasteiger partial charge in [0.1, 0.15) is 5.82 Å². The van der Waals surface area contributed by atoms with Crippen molar-refractivity contribution in [3.8, 4) is 0 Å². The average molecular weight is 281 g/mol. The van der Waals surface area contributed by atoms with E-state index in [1.807, 2.05) is 0 Å². The minimum atomic E-state index is -1.62. The molecule has 0 saturated carbocycles. The third kappa shape index (κ3) is 5.61. The van der Waals surface area contributed by atoms with Gasteiger partial charge in [-0.3, -0.25) is 4.90 Å². The Morgan fingerprint density at radius 1 is 1.10 bits per heavy atom. The standard InChI is InChI=1S/C15H25BFNO2/c1-3-5-9-18(10-6-4-2)12-13-7-8-14(16(19)20)11-15(13)17/h7-8,11,19-20H,3-6,9-10,12H2,1-2H3. The van der Waals surface area contributed by atoms with Gasteiger partial charge in [-0.1, -0.05) is 38.8 Å². The number of benzene rings is 1. The Labute approximate surface area is 121 Å².